The van der Waals surface area contributed by atoms with E-state index >= 15 is 0 Å². The highest BCUT2D eigenvalue weighted by molar-refractivity contribution is 5.91. The van der Waals surface area contributed by atoms with Crippen LogP contribution in [0.15, 0.2) is 128 Å². The summed E-state index contributed by atoms with van der Waals surface area (Å²) in [5.74, 6) is 12.1. The average molecular weight is 1940 g/mol. The number of halogens is 5. The predicted octanol–water partition coefficient (Wildman–Crippen LogP) is 15.2. The number of nitrogens with zero attached hydrogens (tertiary/aromatic N) is 12. The van der Waals surface area contributed by atoms with Gasteiger partial charge in [-0.3, -0.25) is 37.6 Å². The summed E-state index contributed by atoms with van der Waals surface area (Å²) in [6.07, 6.45) is 12.7. The zero-order chi connectivity index (χ0) is 100. The van der Waals surface area contributed by atoms with Crippen LogP contribution < -0.4 is 42.0 Å². The molecular weight excluding hydrogens is 1810 g/mol. The van der Waals surface area contributed by atoms with Gasteiger partial charge >= 0.3 is 6.36 Å². The molecule has 26 nitrogen and oxygen atoms in total. The number of ether oxygens (including phenoxy) is 1. The van der Waals surface area contributed by atoms with Crippen LogP contribution in [0.5, 0.6) is 5.75 Å². The molecule has 0 spiro atoms. The maximum Gasteiger partial charge on any atom is 0.573 e. The number of para-hydroxylation sites is 1. The van der Waals surface area contributed by atoms with Gasteiger partial charge in [0, 0.05) is 149 Å². The Balaban J connectivity index is 0.000000104. The number of amides is 1. The number of nitrogens with one attached hydrogen (secondary N) is 7. The minimum absolute atomic E-state index is 0.0808. The number of ketones is 5. The van der Waals surface area contributed by atoms with E-state index in [-0.39, 0.29) is 74.5 Å². The minimum atomic E-state index is -4.77. The van der Waals surface area contributed by atoms with E-state index in [0.29, 0.717) is 172 Å². The molecule has 17 heterocycles. The van der Waals surface area contributed by atoms with Crippen molar-refractivity contribution in [3.8, 4) is 5.75 Å². The molecule has 31 heteroatoms. The van der Waals surface area contributed by atoms with Crippen molar-refractivity contribution < 1.29 is 55.5 Å². The number of Topliss-reactive ketones (excluding diaryl/α,β-unsaturated/α-hetero) is 5. The second-order valence-corrected chi connectivity index (χ2v) is 46.9. The van der Waals surface area contributed by atoms with Crippen molar-refractivity contribution in [2.24, 2.45) is 107 Å². The third-order valence-corrected chi connectivity index (χ3v) is 33.6. The third kappa shape index (κ3) is 19.0. The molecule has 1 amide bonds. The summed E-state index contributed by atoms with van der Waals surface area (Å²) in [5, 5.41) is 24.2. The predicted molar refractivity (Wildman–Crippen MR) is 532 cm³/mol. The van der Waals surface area contributed by atoms with Crippen LogP contribution in [-0.2, 0) is 61.4 Å². The van der Waals surface area contributed by atoms with Gasteiger partial charge < -0.3 is 55.2 Å². The number of aryl methyl sites for hydroxylation is 5. The molecule has 6 unspecified atom stereocenters. The van der Waals surface area contributed by atoms with E-state index in [9.17, 15) is 50.7 Å². The van der Waals surface area contributed by atoms with E-state index in [0.717, 1.165) is 154 Å². The zero-order valence-corrected chi connectivity index (χ0v) is 84.6. The Morgan fingerprint density at radius 1 is 0.401 bits per heavy atom. The number of imidazole rings is 5. The van der Waals surface area contributed by atoms with E-state index in [1.165, 1.54) is 41.7 Å². The van der Waals surface area contributed by atoms with Gasteiger partial charge in [-0.05, 0) is 277 Å². The molecule has 25 rings (SSSR count). The highest BCUT2D eigenvalue weighted by Gasteiger charge is 2.63. The van der Waals surface area contributed by atoms with Crippen molar-refractivity contribution in [1.82, 2.24) is 94.1 Å². The molecule has 7 aliphatic carbocycles. The van der Waals surface area contributed by atoms with Crippen LogP contribution in [0.1, 0.15) is 203 Å². The lowest BCUT2D eigenvalue weighted by molar-refractivity contribution is -0.274. The van der Waals surface area contributed by atoms with Crippen molar-refractivity contribution in [2.45, 2.75) is 208 Å². The Bertz CT molecular complexity index is 6890. The Morgan fingerprint density at radius 3 is 1.35 bits per heavy atom. The Hall–Kier alpha value is -11.0. The number of alkyl halides is 3. The smallest absolute Gasteiger partial charge is 0.403 e. The van der Waals surface area contributed by atoms with Gasteiger partial charge in [0.2, 0.25) is 5.91 Å². The third-order valence-electron chi connectivity index (χ3n) is 33.6. The molecular formula is C111H136F5N19O7. The summed E-state index contributed by atoms with van der Waals surface area (Å²) in [7, 11) is 0. The molecule has 12 aromatic rings. The SMILES string of the molecule is CC(C)(CC(=O)C1[C@H]2CNC[C@@H]12)c1nc(C2CC2)c2c(F)cccn12.CC(C)(CC(=O)C1[C@H]2CNC[C@@H]12)c1ncc2c(OC(F)(F)F)cccn12.Cc1cccn2c(C(C)(C)CC(=O)C3[C@H]4CNC[C@@H]34)cnc12.Cc1nc(C(C)(C)CC(=O)C2[C@H]3CNC[C@@H]23)c2cccc(C)c2n1.Cc1nc(C(C)(C)NC(=O)C2[C@H]3CNC[C@@H]23)n2cccc(F)c12.Cc1nc2ccccn2c1C(C)(C)CC(=O)C1[C@H]2CNC[C@@H]12. The average Bonchev–Trinajstić information content (AvgIpc) is 1.56. The normalized spacial score (nSPS) is 26.7. The van der Waals surface area contributed by atoms with E-state index in [4.69, 9.17) is 9.97 Å². The number of hydrogen-bond donors (Lipinski definition) is 7. The fourth-order valence-electron chi connectivity index (χ4n) is 26.1. The van der Waals surface area contributed by atoms with Crippen LogP contribution >= 0.6 is 0 Å². The molecule has 7 N–H and O–H groups in total. The number of fused-ring (bicyclic) bond motifs is 12. The first-order valence-corrected chi connectivity index (χ1v) is 51.3. The Kier molecular flexibility index (Phi) is 25.6. The monoisotopic (exact) mass is 1940 g/mol. The lowest BCUT2D eigenvalue weighted by Gasteiger charge is -2.26. The lowest BCUT2D eigenvalue weighted by Crippen LogP contribution is -2.44. The molecule has 1 aromatic carbocycles. The maximum absolute atomic E-state index is 14.5. The molecule has 13 aliphatic rings. The van der Waals surface area contributed by atoms with Crippen molar-refractivity contribution >= 4 is 73.6 Å². The van der Waals surface area contributed by atoms with Crippen LogP contribution in [0, 0.1) is 153 Å². The fraction of sp³-hybridized carbons (Fsp3) is 0.559. The highest BCUT2D eigenvalue weighted by Crippen LogP contribution is 2.57. The first-order chi connectivity index (χ1) is 67.4. The molecule has 13 fully saturated rings. The summed E-state index contributed by atoms with van der Waals surface area (Å²) in [6, 6.07) is 25.4. The molecule has 0 bridgehead atoms. The second-order valence-electron chi connectivity index (χ2n) is 46.9. The topological polar surface area (TPSA) is 308 Å². The van der Waals surface area contributed by atoms with E-state index in [1.54, 1.807) is 40.3 Å². The number of carbonyl (C=O) groups excluding carboxylic acids is 6. The zero-order valence-electron chi connectivity index (χ0n) is 84.6. The molecule has 18 atom stereocenters. The van der Waals surface area contributed by atoms with Crippen molar-refractivity contribution in [3.63, 3.8) is 0 Å². The first kappa shape index (κ1) is 98.4. The van der Waals surface area contributed by atoms with E-state index in [2.05, 4.69) is 169 Å². The van der Waals surface area contributed by atoms with Crippen LogP contribution in [-0.4, -0.2) is 177 Å². The van der Waals surface area contributed by atoms with Gasteiger partial charge in [0.1, 0.15) is 91.7 Å². The largest absolute Gasteiger partial charge is 0.573 e. The van der Waals surface area contributed by atoms with Gasteiger partial charge in [-0.2, -0.15) is 0 Å². The quantitative estimate of drug-likeness (QED) is 0.0262. The standard InChI is InChI=1S/C20H24FN3O.C20H25N3O.C18H20F3N3O2.2C18H23N3O.C17H21FN4O/c1-20(2,8-15(25)16-12-9-22-10-13(12)16)19-23-17(11-5-6-11)18-14(21)4-3-7-24(18)19;1-11-6-5-7-13-18(11)22-12(2)23-19(13)20(3,4)8-16(24)17-14-9-21-10-15(14)17;1-17(2,6-13(25)15-10-7-22-8-11(10)15)16-23-9-12-14(26-18(19,20)21)4-3-5-24(12)16;1-11-5-4-6-21-15(10-20-17(11)21)18(2,3)7-14(22)16-12-8-19-9-13(12)16;1-11-17(21-7-5-4-6-15(21)20-11)18(2,3)8-14(22)16-12-9-19-10-13(12)16;1-9-14-12(18)5-4-6-22(14)16(20-9)17(2,3)21-15(23)13-10-7-19-8-11(10)13/h3-4,7,11-13,16,22H,5-6,8-10H2,1-2H3;5-7,14-15,17,21H,8-10H2,1-4H3;3-5,9-11,15,22H,6-8H2,1-2H3;4-6,10,12-13,16,19H,7-9H2,1-3H3;4-7,12-13,16,19H,8-10H2,1-3H3;4-6,10-11,13,19H,7-8H2,1-3H3,(H,21,23)/t12-,13+,16?;14-,15+,17?;10-,11+,15?;2*12-,13+,16?;10-,11+,13?. The molecule has 11 aromatic heterocycles. The van der Waals surface area contributed by atoms with Gasteiger partial charge in [0.05, 0.1) is 45.7 Å². The van der Waals surface area contributed by atoms with E-state index in [1.807, 2.05) is 95.0 Å². The molecule has 142 heavy (non-hydrogen) atoms. The van der Waals surface area contributed by atoms with Gasteiger partial charge in [0.25, 0.3) is 0 Å². The molecule has 6 saturated heterocycles. The van der Waals surface area contributed by atoms with Gasteiger partial charge in [-0.15, -0.1) is 13.2 Å². The van der Waals surface area contributed by atoms with Gasteiger partial charge in [-0.25, -0.2) is 43.7 Å². The van der Waals surface area contributed by atoms with Crippen molar-refractivity contribution in [3.05, 3.63) is 209 Å². The molecule has 752 valence electrons. The van der Waals surface area contributed by atoms with Crippen molar-refractivity contribution in [1.29, 1.82) is 0 Å². The highest BCUT2D eigenvalue weighted by atomic mass is 19.4. The second kappa shape index (κ2) is 37.0. The summed E-state index contributed by atoms with van der Waals surface area (Å²) >= 11 is 0. The molecule has 6 aliphatic heterocycles. The molecule has 7 saturated carbocycles. The van der Waals surface area contributed by atoms with Gasteiger partial charge in [0.15, 0.2) is 5.75 Å². The number of aromatic nitrogens is 12. The summed E-state index contributed by atoms with van der Waals surface area (Å²) in [4.78, 5) is 109. The van der Waals surface area contributed by atoms with Crippen LogP contribution in [0.3, 0.4) is 0 Å². The Morgan fingerprint density at radius 2 is 0.838 bits per heavy atom. The Labute approximate surface area is 825 Å². The number of pyridine rings is 5. The van der Waals surface area contributed by atoms with Crippen LogP contribution in [0.2, 0.25) is 0 Å². The number of carbonyl (C=O) groups is 6. The minimum Gasteiger partial charge on any atom is -0.403 e. The van der Waals surface area contributed by atoms with Gasteiger partial charge in [-0.1, -0.05) is 99.6 Å². The van der Waals surface area contributed by atoms with E-state index < -0.39 is 22.7 Å². The number of benzene rings is 1. The fourth-order valence-corrected chi connectivity index (χ4v) is 26.1. The summed E-state index contributed by atoms with van der Waals surface area (Å²) < 4.78 is 79.8. The number of hydrogen-bond acceptors (Lipinski definition) is 20. The van der Waals surface area contributed by atoms with Crippen LogP contribution in [0.25, 0.3) is 38.7 Å². The first-order valence-electron chi connectivity index (χ1n) is 51.3. The summed E-state index contributed by atoms with van der Waals surface area (Å²) in [6.45, 7) is 46.4. The number of rotatable bonds is 25. The molecule has 0 radical (unpaired) electrons. The van der Waals surface area contributed by atoms with Crippen LogP contribution in [0.4, 0.5) is 22.0 Å². The summed E-state index contributed by atoms with van der Waals surface area (Å²) in [5.41, 5.74) is 10.1. The number of piperidine rings is 6. The maximum atomic E-state index is 14.5. The lowest BCUT2D eigenvalue weighted by atomic mass is 9.80. The van der Waals surface area contributed by atoms with Crippen molar-refractivity contribution in [2.75, 3.05) is 78.5 Å².